The predicted octanol–water partition coefficient (Wildman–Crippen LogP) is 11.0. The van der Waals surface area contributed by atoms with Gasteiger partial charge in [-0.15, -0.1) is 0 Å². The molecule has 1 fully saturated rings. The first-order valence-corrected chi connectivity index (χ1v) is 13.2. The Bertz CT molecular complexity index is 709. The lowest BCUT2D eigenvalue weighted by Gasteiger charge is -2.03. The van der Waals surface area contributed by atoms with Crippen LogP contribution in [0.4, 0.5) is 0 Å². The summed E-state index contributed by atoms with van der Waals surface area (Å²) in [4.78, 5) is 0. The van der Waals surface area contributed by atoms with Gasteiger partial charge in [-0.05, 0) is 131 Å². The molecule has 1 saturated carbocycles. The van der Waals surface area contributed by atoms with Crippen LogP contribution in [0.5, 0.6) is 0 Å². The van der Waals surface area contributed by atoms with E-state index < -0.39 is 0 Å². The van der Waals surface area contributed by atoms with Crippen molar-refractivity contribution in [2.24, 2.45) is 5.92 Å². The van der Waals surface area contributed by atoms with Crippen LogP contribution in [0.3, 0.4) is 0 Å². The van der Waals surface area contributed by atoms with Crippen LogP contribution in [-0.2, 0) is 0 Å². The molecular formula is C32H52. The topological polar surface area (TPSA) is 0 Å². The first-order chi connectivity index (χ1) is 15.3. The SMILES string of the molecule is CC(C)=CCC/C(C)=C/CC/C(C)=C/CC/C=C(\C)CC/C=C(\C)CC/C=C(\C)C1CC1. The lowest BCUT2D eigenvalue weighted by atomic mass is 10.0. The maximum atomic E-state index is 2.47. The maximum Gasteiger partial charge on any atom is -0.0206 e. The fourth-order valence-corrected chi connectivity index (χ4v) is 3.98. The molecular weight excluding hydrogens is 384 g/mol. The molecule has 1 aliphatic carbocycles. The average Bonchev–Trinajstić information content (AvgIpc) is 3.56. The predicted molar refractivity (Wildman–Crippen MR) is 147 cm³/mol. The van der Waals surface area contributed by atoms with Gasteiger partial charge in [-0.2, -0.15) is 0 Å². The highest BCUT2D eigenvalue weighted by Gasteiger charge is 2.22. The molecule has 1 rings (SSSR count). The number of hydrogen-bond acceptors (Lipinski definition) is 0. The molecule has 180 valence electrons. The molecule has 0 spiro atoms. The molecule has 0 heteroatoms. The Morgan fingerprint density at radius 2 is 0.812 bits per heavy atom. The van der Waals surface area contributed by atoms with Crippen molar-refractivity contribution < 1.29 is 0 Å². The van der Waals surface area contributed by atoms with Crippen LogP contribution in [0.25, 0.3) is 0 Å². The third-order valence-corrected chi connectivity index (χ3v) is 6.53. The van der Waals surface area contributed by atoms with Gasteiger partial charge in [0.05, 0.1) is 0 Å². The van der Waals surface area contributed by atoms with E-state index >= 15 is 0 Å². The summed E-state index contributed by atoms with van der Waals surface area (Å²) in [5, 5.41) is 0. The Morgan fingerprint density at radius 3 is 1.19 bits per heavy atom. The molecule has 0 atom stereocenters. The normalized spacial score (nSPS) is 16.5. The summed E-state index contributed by atoms with van der Waals surface area (Å²) < 4.78 is 0. The van der Waals surface area contributed by atoms with Crippen molar-refractivity contribution in [3.05, 3.63) is 69.9 Å². The third kappa shape index (κ3) is 16.1. The summed E-state index contributed by atoms with van der Waals surface area (Å²) in [6.07, 6.45) is 29.4. The van der Waals surface area contributed by atoms with E-state index in [9.17, 15) is 0 Å². The first-order valence-electron chi connectivity index (χ1n) is 13.2. The van der Waals surface area contributed by atoms with Crippen LogP contribution >= 0.6 is 0 Å². The first kappa shape index (κ1) is 28.5. The van der Waals surface area contributed by atoms with Crippen molar-refractivity contribution in [2.75, 3.05) is 0 Å². The van der Waals surface area contributed by atoms with Gasteiger partial charge in [0.25, 0.3) is 0 Å². The summed E-state index contributed by atoms with van der Waals surface area (Å²) in [7, 11) is 0. The Morgan fingerprint density at radius 1 is 0.469 bits per heavy atom. The minimum atomic E-state index is 0.925. The van der Waals surface area contributed by atoms with E-state index in [1.54, 1.807) is 16.7 Å². The van der Waals surface area contributed by atoms with Gasteiger partial charge in [0, 0.05) is 0 Å². The molecule has 0 aromatic heterocycles. The summed E-state index contributed by atoms with van der Waals surface area (Å²) >= 11 is 0. The van der Waals surface area contributed by atoms with Crippen LogP contribution < -0.4 is 0 Å². The Kier molecular flexibility index (Phi) is 15.1. The largest absolute Gasteiger partial charge is 0.0856 e. The van der Waals surface area contributed by atoms with E-state index in [0.29, 0.717) is 0 Å². The fraction of sp³-hybridized carbons (Fsp3) is 0.625. The standard InChI is InChI=1S/C32H52/c1-26(2)14-10-17-29(5)20-11-18-27(3)15-8-9-16-28(4)19-12-21-30(6)22-13-23-31(7)32-24-25-32/h14-16,20-21,23,32H,8-13,17-19,22,24-25H2,1-7H3/b27-15+,28-16+,29-20+,30-21+,31-23+. The minimum Gasteiger partial charge on any atom is -0.0856 e. The fourth-order valence-electron chi connectivity index (χ4n) is 3.98. The molecule has 0 saturated heterocycles. The number of unbranched alkanes of at least 4 members (excludes halogenated alkanes) is 1. The molecule has 0 amide bonds. The van der Waals surface area contributed by atoms with Gasteiger partial charge in [0.1, 0.15) is 0 Å². The molecule has 0 bridgehead atoms. The van der Waals surface area contributed by atoms with Crippen LogP contribution in [0, 0.1) is 5.92 Å². The highest BCUT2D eigenvalue weighted by Crippen LogP contribution is 2.36. The molecule has 0 aromatic rings. The zero-order chi connectivity index (χ0) is 23.8. The van der Waals surface area contributed by atoms with Crippen LogP contribution in [0.2, 0.25) is 0 Å². The summed E-state index contributed by atoms with van der Waals surface area (Å²) in [6.45, 7) is 15.8. The lowest BCUT2D eigenvalue weighted by Crippen LogP contribution is -1.83. The molecule has 0 unspecified atom stereocenters. The van der Waals surface area contributed by atoms with Gasteiger partial charge in [-0.25, -0.2) is 0 Å². The number of rotatable bonds is 16. The van der Waals surface area contributed by atoms with Gasteiger partial charge in [0.15, 0.2) is 0 Å². The molecule has 0 radical (unpaired) electrons. The van der Waals surface area contributed by atoms with Gasteiger partial charge >= 0.3 is 0 Å². The molecule has 0 aliphatic heterocycles. The van der Waals surface area contributed by atoms with Crippen molar-refractivity contribution >= 4 is 0 Å². The second-order valence-electron chi connectivity index (χ2n) is 10.4. The molecule has 0 nitrogen and oxygen atoms in total. The van der Waals surface area contributed by atoms with Crippen molar-refractivity contribution in [3.8, 4) is 0 Å². The summed E-state index contributed by atoms with van der Waals surface area (Å²) in [5.74, 6) is 0.925. The van der Waals surface area contributed by atoms with Crippen molar-refractivity contribution in [3.63, 3.8) is 0 Å². The van der Waals surface area contributed by atoms with Crippen LogP contribution in [0.15, 0.2) is 69.9 Å². The van der Waals surface area contributed by atoms with Gasteiger partial charge < -0.3 is 0 Å². The Labute approximate surface area is 201 Å². The minimum absolute atomic E-state index is 0.925. The molecule has 1 aliphatic rings. The maximum absolute atomic E-state index is 2.47. The Hall–Kier alpha value is -1.56. The molecule has 0 N–H and O–H groups in total. The number of allylic oxidation sites excluding steroid dienone is 12. The van der Waals surface area contributed by atoms with E-state index in [2.05, 4.69) is 84.9 Å². The van der Waals surface area contributed by atoms with E-state index in [1.165, 1.54) is 93.8 Å². The summed E-state index contributed by atoms with van der Waals surface area (Å²) in [5.41, 5.74) is 9.21. The number of hydrogen-bond donors (Lipinski definition) is 0. The van der Waals surface area contributed by atoms with Gasteiger partial charge in [0.2, 0.25) is 0 Å². The Balaban J connectivity index is 2.16. The average molecular weight is 437 g/mol. The second-order valence-corrected chi connectivity index (χ2v) is 10.4. The van der Waals surface area contributed by atoms with Crippen molar-refractivity contribution in [1.29, 1.82) is 0 Å². The second kappa shape index (κ2) is 17.0. The van der Waals surface area contributed by atoms with Gasteiger partial charge in [-0.1, -0.05) is 69.9 Å². The highest BCUT2D eigenvalue weighted by molar-refractivity contribution is 5.11. The molecule has 32 heavy (non-hydrogen) atoms. The zero-order valence-corrected chi connectivity index (χ0v) is 22.5. The lowest BCUT2D eigenvalue weighted by molar-refractivity contribution is 0.891. The van der Waals surface area contributed by atoms with E-state index in [-0.39, 0.29) is 0 Å². The van der Waals surface area contributed by atoms with E-state index in [0.717, 1.165) is 5.92 Å². The molecule has 0 aromatic carbocycles. The smallest absolute Gasteiger partial charge is 0.0206 e. The zero-order valence-electron chi connectivity index (χ0n) is 22.5. The molecule has 0 heterocycles. The highest BCUT2D eigenvalue weighted by atomic mass is 14.3. The van der Waals surface area contributed by atoms with E-state index in [1.807, 2.05) is 0 Å². The van der Waals surface area contributed by atoms with Crippen molar-refractivity contribution in [1.82, 2.24) is 0 Å². The van der Waals surface area contributed by atoms with E-state index in [4.69, 9.17) is 0 Å². The van der Waals surface area contributed by atoms with Crippen LogP contribution in [0.1, 0.15) is 126 Å². The quantitative estimate of drug-likeness (QED) is 0.167. The van der Waals surface area contributed by atoms with Crippen molar-refractivity contribution in [2.45, 2.75) is 126 Å². The summed E-state index contributed by atoms with van der Waals surface area (Å²) in [6, 6.07) is 0. The monoisotopic (exact) mass is 436 g/mol. The third-order valence-electron chi connectivity index (χ3n) is 6.53. The van der Waals surface area contributed by atoms with Crippen LogP contribution in [-0.4, -0.2) is 0 Å². The van der Waals surface area contributed by atoms with Gasteiger partial charge in [-0.3, -0.25) is 0 Å².